The average Bonchev–Trinajstić information content (AvgIpc) is 2.55. The van der Waals surface area contributed by atoms with Gasteiger partial charge in [0.15, 0.2) is 0 Å². The van der Waals surface area contributed by atoms with Crippen LogP contribution in [-0.4, -0.2) is 51.9 Å². The standard InChI is InChI=1S/C14H14ClN5O/c15-12-10-11(2-5-16-12)13(21)19-6-8-20(9-7-19)14-17-3-1-4-18-14/h1-5,10H,6-9H2. The average molecular weight is 304 g/mol. The molecule has 1 aliphatic rings. The van der Waals surface area contributed by atoms with Crippen LogP contribution >= 0.6 is 11.6 Å². The maximum atomic E-state index is 12.4. The van der Waals surface area contributed by atoms with Gasteiger partial charge < -0.3 is 9.80 Å². The fourth-order valence-electron chi connectivity index (χ4n) is 2.28. The first-order valence-corrected chi connectivity index (χ1v) is 7.04. The third-order valence-electron chi connectivity index (χ3n) is 3.38. The maximum absolute atomic E-state index is 12.4. The van der Waals surface area contributed by atoms with Gasteiger partial charge in [-0.2, -0.15) is 0 Å². The Labute approximate surface area is 127 Å². The fraction of sp³-hybridized carbons (Fsp3) is 0.286. The van der Waals surface area contributed by atoms with Crippen LogP contribution in [0.15, 0.2) is 36.8 Å². The SMILES string of the molecule is O=C(c1ccnc(Cl)c1)N1CCN(c2ncccn2)CC1. The zero-order chi connectivity index (χ0) is 14.7. The summed E-state index contributed by atoms with van der Waals surface area (Å²) in [6.45, 7) is 2.71. The molecule has 0 aromatic carbocycles. The number of pyridine rings is 1. The van der Waals surface area contributed by atoms with Gasteiger partial charge in [-0.3, -0.25) is 4.79 Å². The quantitative estimate of drug-likeness (QED) is 0.787. The molecule has 0 N–H and O–H groups in total. The third kappa shape index (κ3) is 3.11. The summed E-state index contributed by atoms with van der Waals surface area (Å²) in [6.07, 6.45) is 4.99. The van der Waals surface area contributed by atoms with Crippen LogP contribution < -0.4 is 4.90 Å². The van der Waals surface area contributed by atoms with Crippen LogP contribution in [0, 0.1) is 0 Å². The van der Waals surface area contributed by atoms with Crippen molar-refractivity contribution in [3.05, 3.63) is 47.5 Å². The monoisotopic (exact) mass is 303 g/mol. The van der Waals surface area contributed by atoms with Crippen molar-refractivity contribution in [3.63, 3.8) is 0 Å². The van der Waals surface area contributed by atoms with Gasteiger partial charge in [0.1, 0.15) is 5.15 Å². The van der Waals surface area contributed by atoms with Gasteiger partial charge >= 0.3 is 0 Å². The Hall–Kier alpha value is -2.21. The van der Waals surface area contributed by atoms with Crippen molar-refractivity contribution in [2.75, 3.05) is 31.1 Å². The fourth-order valence-corrected chi connectivity index (χ4v) is 2.46. The van der Waals surface area contributed by atoms with E-state index in [1.165, 1.54) is 0 Å². The molecule has 1 amide bonds. The second kappa shape index (κ2) is 6.05. The normalized spacial score (nSPS) is 15.1. The summed E-state index contributed by atoms with van der Waals surface area (Å²) in [6, 6.07) is 5.06. The molecule has 3 rings (SSSR count). The van der Waals surface area contributed by atoms with Gasteiger partial charge in [-0.05, 0) is 18.2 Å². The third-order valence-corrected chi connectivity index (χ3v) is 3.58. The number of halogens is 1. The van der Waals surface area contributed by atoms with Crippen LogP contribution in [0.25, 0.3) is 0 Å². The molecule has 21 heavy (non-hydrogen) atoms. The molecule has 0 bridgehead atoms. The van der Waals surface area contributed by atoms with Crippen molar-refractivity contribution in [1.82, 2.24) is 19.9 Å². The predicted molar refractivity (Wildman–Crippen MR) is 79.4 cm³/mol. The van der Waals surface area contributed by atoms with Gasteiger partial charge in [0.05, 0.1) is 0 Å². The Morgan fingerprint density at radius 1 is 1.05 bits per heavy atom. The Bertz CT molecular complexity index is 628. The maximum Gasteiger partial charge on any atom is 0.254 e. The van der Waals surface area contributed by atoms with Gasteiger partial charge in [-0.1, -0.05) is 11.6 Å². The number of piperazine rings is 1. The second-order valence-electron chi connectivity index (χ2n) is 4.70. The van der Waals surface area contributed by atoms with Crippen LogP contribution in [0.5, 0.6) is 0 Å². The smallest absolute Gasteiger partial charge is 0.254 e. The molecule has 3 heterocycles. The van der Waals surface area contributed by atoms with Gasteiger partial charge in [-0.15, -0.1) is 0 Å². The molecule has 0 unspecified atom stereocenters. The number of rotatable bonds is 2. The number of hydrogen-bond donors (Lipinski definition) is 0. The molecule has 1 aliphatic heterocycles. The summed E-state index contributed by atoms with van der Waals surface area (Å²) >= 11 is 5.82. The number of aromatic nitrogens is 3. The summed E-state index contributed by atoms with van der Waals surface area (Å²) in [5.41, 5.74) is 0.569. The number of anilines is 1. The van der Waals surface area contributed by atoms with E-state index in [2.05, 4.69) is 19.9 Å². The number of carbonyl (C=O) groups is 1. The van der Waals surface area contributed by atoms with E-state index in [9.17, 15) is 4.79 Å². The molecule has 1 saturated heterocycles. The number of carbonyl (C=O) groups excluding carboxylic acids is 1. The summed E-state index contributed by atoms with van der Waals surface area (Å²) in [7, 11) is 0. The van der Waals surface area contributed by atoms with Gasteiger partial charge in [-0.25, -0.2) is 15.0 Å². The Morgan fingerprint density at radius 3 is 2.43 bits per heavy atom. The van der Waals surface area contributed by atoms with E-state index >= 15 is 0 Å². The van der Waals surface area contributed by atoms with Crippen molar-refractivity contribution >= 4 is 23.5 Å². The molecule has 7 heteroatoms. The molecular formula is C14H14ClN5O. The second-order valence-corrected chi connectivity index (χ2v) is 5.08. The molecule has 2 aromatic rings. The van der Waals surface area contributed by atoms with Crippen molar-refractivity contribution in [2.24, 2.45) is 0 Å². The van der Waals surface area contributed by atoms with Crippen molar-refractivity contribution < 1.29 is 4.79 Å². The lowest BCUT2D eigenvalue weighted by molar-refractivity contribution is 0.0746. The Morgan fingerprint density at radius 2 is 1.76 bits per heavy atom. The van der Waals surface area contributed by atoms with Gasteiger partial charge in [0.25, 0.3) is 5.91 Å². The minimum absolute atomic E-state index is 0.0204. The number of hydrogen-bond acceptors (Lipinski definition) is 5. The minimum Gasteiger partial charge on any atom is -0.337 e. The molecule has 0 radical (unpaired) electrons. The highest BCUT2D eigenvalue weighted by Crippen LogP contribution is 2.14. The van der Waals surface area contributed by atoms with Gasteiger partial charge in [0, 0.05) is 50.3 Å². The van der Waals surface area contributed by atoms with Crippen molar-refractivity contribution in [2.45, 2.75) is 0 Å². The topological polar surface area (TPSA) is 62.2 Å². The summed E-state index contributed by atoms with van der Waals surface area (Å²) in [4.78, 5) is 28.6. The summed E-state index contributed by atoms with van der Waals surface area (Å²) in [5, 5.41) is 0.331. The first-order valence-electron chi connectivity index (χ1n) is 6.67. The van der Waals surface area contributed by atoms with E-state index in [-0.39, 0.29) is 5.91 Å². The molecule has 1 fully saturated rings. The van der Waals surface area contributed by atoms with E-state index < -0.39 is 0 Å². The van der Waals surface area contributed by atoms with E-state index in [4.69, 9.17) is 11.6 Å². The predicted octanol–water partition coefficient (Wildman–Crippen LogP) is 1.49. The zero-order valence-electron chi connectivity index (χ0n) is 11.3. The first-order chi connectivity index (χ1) is 10.2. The Kier molecular flexibility index (Phi) is 3.96. The largest absolute Gasteiger partial charge is 0.337 e. The van der Waals surface area contributed by atoms with Crippen LogP contribution in [-0.2, 0) is 0 Å². The van der Waals surface area contributed by atoms with Crippen LogP contribution in [0.4, 0.5) is 5.95 Å². The minimum atomic E-state index is -0.0204. The molecule has 0 saturated carbocycles. The van der Waals surface area contributed by atoms with Crippen molar-refractivity contribution in [3.8, 4) is 0 Å². The van der Waals surface area contributed by atoms with E-state index in [0.717, 1.165) is 0 Å². The van der Waals surface area contributed by atoms with Crippen LogP contribution in [0.3, 0.4) is 0 Å². The van der Waals surface area contributed by atoms with E-state index in [1.807, 2.05) is 4.90 Å². The first kappa shape index (κ1) is 13.8. The molecule has 108 valence electrons. The molecule has 2 aromatic heterocycles. The summed E-state index contributed by atoms with van der Waals surface area (Å²) < 4.78 is 0. The lowest BCUT2D eigenvalue weighted by Gasteiger charge is -2.34. The van der Waals surface area contributed by atoms with E-state index in [1.54, 1.807) is 36.8 Å². The van der Waals surface area contributed by atoms with E-state index in [0.29, 0.717) is 42.8 Å². The number of nitrogens with zero attached hydrogens (tertiary/aromatic N) is 5. The zero-order valence-corrected chi connectivity index (χ0v) is 12.1. The molecule has 0 aliphatic carbocycles. The summed E-state index contributed by atoms with van der Waals surface area (Å²) in [5.74, 6) is 0.685. The highest BCUT2D eigenvalue weighted by Gasteiger charge is 2.23. The van der Waals surface area contributed by atoms with Crippen molar-refractivity contribution in [1.29, 1.82) is 0 Å². The Balaban J connectivity index is 1.64. The highest BCUT2D eigenvalue weighted by molar-refractivity contribution is 6.29. The molecular weight excluding hydrogens is 290 g/mol. The lowest BCUT2D eigenvalue weighted by Crippen LogP contribution is -2.49. The molecule has 0 spiro atoms. The lowest BCUT2D eigenvalue weighted by atomic mass is 10.2. The van der Waals surface area contributed by atoms with Crippen LogP contribution in [0.1, 0.15) is 10.4 Å². The molecule has 6 nitrogen and oxygen atoms in total. The van der Waals surface area contributed by atoms with Gasteiger partial charge in [0.2, 0.25) is 5.95 Å². The van der Waals surface area contributed by atoms with Crippen LogP contribution in [0.2, 0.25) is 5.15 Å². The number of amides is 1. The molecule has 0 atom stereocenters. The highest BCUT2D eigenvalue weighted by atomic mass is 35.5.